The predicted molar refractivity (Wildman–Crippen MR) is 83.2 cm³/mol. The first-order valence-electron chi connectivity index (χ1n) is 6.61. The Bertz CT molecular complexity index is 874. The number of rotatable bonds is 3. The standard InChI is InChI=1S/C17H12N2O3/c20-15-10-14(17(21)22)12-8-4-5-9-13(12)16(15)19-18-11-6-2-1-3-7-11/h1-10,20H,(H,21,22). The van der Waals surface area contributed by atoms with Crippen LogP contribution in [-0.2, 0) is 0 Å². The van der Waals surface area contributed by atoms with E-state index < -0.39 is 5.97 Å². The van der Waals surface area contributed by atoms with E-state index in [1.165, 1.54) is 6.07 Å². The minimum absolute atomic E-state index is 0.0340. The molecule has 3 aromatic rings. The number of aromatic hydroxyl groups is 1. The number of aromatic carboxylic acids is 1. The van der Waals surface area contributed by atoms with Crippen molar-refractivity contribution in [1.82, 2.24) is 0 Å². The number of benzene rings is 3. The smallest absolute Gasteiger partial charge is 0.336 e. The normalized spacial score (nSPS) is 11.1. The summed E-state index contributed by atoms with van der Waals surface area (Å²) >= 11 is 0. The van der Waals surface area contributed by atoms with E-state index in [2.05, 4.69) is 10.2 Å². The summed E-state index contributed by atoms with van der Waals surface area (Å²) in [5, 5.41) is 28.6. The Hall–Kier alpha value is -3.21. The third kappa shape index (κ3) is 2.52. The molecule has 0 unspecified atom stereocenters. The van der Waals surface area contributed by atoms with Crippen LogP contribution >= 0.6 is 0 Å². The molecule has 22 heavy (non-hydrogen) atoms. The molecule has 3 rings (SSSR count). The summed E-state index contributed by atoms with van der Waals surface area (Å²) in [5.41, 5.74) is 0.935. The van der Waals surface area contributed by atoms with E-state index in [0.29, 0.717) is 16.5 Å². The van der Waals surface area contributed by atoms with Gasteiger partial charge in [-0.1, -0.05) is 42.5 Å². The second-order valence-corrected chi connectivity index (χ2v) is 4.68. The molecule has 0 aliphatic heterocycles. The number of carboxylic acid groups (broad SMARTS) is 1. The van der Waals surface area contributed by atoms with Crippen LogP contribution in [0.5, 0.6) is 5.75 Å². The van der Waals surface area contributed by atoms with Gasteiger partial charge in [-0.25, -0.2) is 4.79 Å². The molecule has 0 spiro atoms. The highest BCUT2D eigenvalue weighted by atomic mass is 16.4. The van der Waals surface area contributed by atoms with Crippen LogP contribution in [0, 0.1) is 0 Å². The number of carbonyl (C=O) groups is 1. The predicted octanol–water partition coefficient (Wildman–Crippen LogP) is 4.66. The van der Waals surface area contributed by atoms with Crippen LogP contribution in [-0.4, -0.2) is 16.2 Å². The molecule has 0 heterocycles. The topological polar surface area (TPSA) is 82.2 Å². The average Bonchev–Trinajstić information content (AvgIpc) is 2.54. The van der Waals surface area contributed by atoms with Crippen LogP contribution in [0.15, 0.2) is 70.9 Å². The molecule has 5 nitrogen and oxygen atoms in total. The molecule has 108 valence electrons. The second kappa shape index (κ2) is 5.65. The van der Waals surface area contributed by atoms with Crippen molar-refractivity contribution in [3.05, 3.63) is 66.2 Å². The van der Waals surface area contributed by atoms with Gasteiger partial charge in [0.05, 0.1) is 11.3 Å². The maximum absolute atomic E-state index is 11.3. The molecule has 3 aromatic carbocycles. The summed E-state index contributed by atoms with van der Waals surface area (Å²) in [5.74, 6) is -1.31. The van der Waals surface area contributed by atoms with Gasteiger partial charge in [-0.05, 0) is 23.6 Å². The van der Waals surface area contributed by atoms with Crippen LogP contribution in [0.3, 0.4) is 0 Å². The first-order chi connectivity index (χ1) is 10.7. The molecule has 0 aliphatic rings. The van der Waals surface area contributed by atoms with E-state index >= 15 is 0 Å². The Morgan fingerprint density at radius 1 is 0.864 bits per heavy atom. The molecule has 0 radical (unpaired) electrons. The maximum Gasteiger partial charge on any atom is 0.336 e. The largest absolute Gasteiger partial charge is 0.506 e. The van der Waals surface area contributed by atoms with Crippen molar-refractivity contribution in [2.24, 2.45) is 10.2 Å². The van der Waals surface area contributed by atoms with Crippen molar-refractivity contribution < 1.29 is 15.0 Å². The first kappa shape index (κ1) is 13.8. The number of phenolic OH excluding ortho intramolecular Hbond substituents is 1. The second-order valence-electron chi connectivity index (χ2n) is 4.68. The summed E-state index contributed by atoms with van der Waals surface area (Å²) in [6, 6.07) is 17.2. The van der Waals surface area contributed by atoms with Gasteiger partial charge in [0.2, 0.25) is 0 Å². The number of nitrogens with zero attached hydrogens (tertiary/aromatic N) is 2. The quantitative estimate of drug-likeness (QED) is 0.689. The minimum Gasteiger partial charge on any atom is -0.506 e. The summed E-state index contributed by atoms with van der Waals surface area (Å²) in [7, 11) is 0. The SMILES string of the molecule is O=C(O)c1cc(O)c(N=Nc2ccccc2)c2ccccc12. The third-order valence-electron chi connectivity index (χ3n) is 3.25. The fourth-order valence-corrected chi connectivity index (χ4v) is 2.23. The van der Waals surface area contributed by atoms with E-state index in [4.69, 9.17) is 0 Å². The molecule has 0 fully saturated rings. The van der Waals surface area contributed by atoms with Crippen molar-refractivity contribution >= 4 is 28.1 Å². The Kier molecular flexibility index (Phi) is 3.53. The lowest BCUT2D eigenvalue weighted by Gasteiger charge is -2.07. The van der Waals surface area contributed by atoms with Crippen molar-refractivity contribution in [2.75, 3.05) is 0 Å². The molecule has 0 aliphatic carbocycles. The lowest BCUT2D eigenvalue weighted by atomic mass is 10.0. The lowest BCUT2D eigenvalue weighted by molar-refractivity contribution is 0.0698. The Morgan fingerprint density at radius 3 is 2.18 bits per heavy atom. The molecule has 0 amide bonds. The number of hydrogen-bond donors (Lipinski definition) is 2. The zero-order valence-corrected chi connectivity index (χ0v) is 11.5. The van der Waals surface area contributed by atoms with Crippen molar-refractivity contribution in [1.29, 1.82) is 0 Å². The van der Waals surface area contributed by atoms with Gasteiger partial charge in [0.25, 0.3) is 0 Å². The van der Waals surface area contributed by atoms with Crippen molar-refractivity contribution in [2.45, 2.75) is 0 Å². The number of carboxylic acids is 1. The zero-order chi connectivity index (χ0) is 15.5. The highest BCUT2D eigenvalue weighted by molar-refractivity contribution is 6.08. The summed E-state index contributed by atoms with van der Waals surface area (Å²) < 4.78 is 0. The van der Waals surface area contributed by atoms with Gasteiger partial charge in [0, 0.05) is 5.39 Å². The van der Waals surface area contributed by atoms with Crippen molar-refractivity contribution in [3.8, 4) is 5.75 Å². The Balaban J connectivity index is 2.18. The van der Waals surface area contributed by atoms with Gasteiger partial charge in [-0.2, -0.15) is 5.11 Å². The van der Waals surface area contributed by atoms with Gasteiger partial charge >= 0.3 is 5.97 Å². The van der Waals surface area contributed by atoms with Crippen molar-refractivity contribution in [3.63, 3.8) is 0 Å². The van der Waals surface area contributed by atoms with E-state index in [1.54, 1.807) is 36.4 Å². The van der Waals surface area contributed by atoms with Crippen LogP contribution in [0.25, 0.3) is 10.8 Å². The number of fused-ring (bicyclic) bond motifs is 1. The van der Waals surface area contributed by atoms with Gasteiger partial charge in [-0.15, -0.1) is 5.11 Å². The van der Waals surface area contributed by atoms with E-state index in [1.807, 2.05) is 18.2 Å². The Morgan fingerprint density at radius 2 is 1.50 bits per heavy atom. The van der Waals surface area contributed by atoms with Gasteiger partial charge in [0.1, 0.15) is 11.4 Å². The highest BCUT2D eigenvalue weighted by Crippen LogP contribution is 2.38. The number of azo groups is 1. The van der Waals surface area contributed by atoms with E-state index in [-0.39, 0.29) is 17.0 Å². The average molecular weight is 292 g/mol. The molecule has 0 saturated carbocycles. The van der Waals surface area contributed by atoms with Crippen LogP contribution in [0.4, 0.5) is 11.4 Å². The molecule has 0 atom stereocenters. The van der Waals surface area contributed by atoms with Gasteiger partial charge in [-0.3, -0.25) is 0 Å². The zero-order valence-electron chi connectivity index (χ0n) is 11.5. The molecule has 0 saturated heterocycles. The van der Waals surface area contributed by atoms with Crippen LogP contribution < -0.4 is 0 Å². The van der Waals surface area contributed by atoms with Crippen LogP contribution in [0.1, 0.15) is 10.4 Å². The molecule has 0 aromatic heterocycles. The minimum atomic E-state index is -1.10. The summed E-state index contributed by atoms with van der Waals surface area (Å²) in [6.07, 6.45) is 0. The van der Waals surface area contributed by atoms with E-state index in [0.717, 1.165) is 0 Å². The van der Waals surface area contributed by atoms with Gasteiger partial charge in [0.15, 0.2) is 0 Å². The lowest BCUT2D eigenvalue weighted by Crippen LogP contribution is -1.97. The molecule has 5 heteroatoms. The molecular formula is C17H12N2O3. The molecule has 0 bridgehead atoms. The fourth-order valence-electron chi connectivity index (χ4n) is 2.23. The van der Waals surface area contributed by atoms with Crippen LogP contribution in [0.2, 0.25) is 0 Å². The highest BCUT2D eigenvalue weighted by Gasteiger charge is 2.15. The summed E-state index contributed by atoms with van der Waals surface area (Å²) in [4.78, 5) is 11.3. The Labute approximate surface area is 126 Å². The van der Waals surface area contributed by atoms with E-state index in [9.17, 15) is 15.0 Å². The summed E-state index contributed by atoms with van der Waals surface area (Å²) in [6.45, 7) is 0. The number of phenols is 1. The number of hydrogen-bond acceptors (Lipinski definition) is 4. The molecular weight excluding hydrogens is 280 g/mol. The maximum atomic E-state index is 11.3. The monoisotopic (exact) mass is 292 g/mol. The van der Waals surface area contributed by atoms with Gasteiger partial charge < -0.3 is 10.2 Å². The third-order valence-corrected chi connectivity index (χ3v) is 3.25. The molecule has 2 N–H and O–H groups in total. The first-order valence-corrected chi connectivity index (χ1v) is 6.61. The fraction of sp³-hybridized carbons (Fsp3) is 0.